The van der Waals surface area contributed by atoms with Crippen LogP contribution in [0.25, 0.3) is 38.9 Å². The second-order valence-corrected chi connectivity index (χ2v) is 9.02. The first kappa shape index (κ1) is 25.6. The SMILES string of the molecule is Cl.Cl.Clc1ccc(-c2cn3c4ccccc4n(CCN4CCOCC4)c3c2-c2ccccc2)cc1. The number of hydrogen-bond donors (Lipinski definition) is 0. The molecule has 0 N–H and O–H groups in total. The number of hydrogen-bond acceptors (Lipinski definition) is 2. The predicted octanol–water partition coefficient (Wildman–Crippen LogP) is 7.06. The number of halogens is 3. The fraction of sp³-hybridized carbons (Fsp3) is 0.214. The van der Waals surface area contributed by atoms with Crippen molar-refractivity contribution < 1.29 is 4.74 Å². The predicted molar refractivity (Wildman–Crippen MR) is 151 cm³/mol. The van der Waals surface area contributed by atoms with Crippen molar-refractivity contribution in [2.75, 3.05) is 32.8 Å². The van der Waals surface area contributed by atoms with Crippen LogP contribution in [0, 0.1) is 0 Å². The summed E-state index contributed by atoms with van der Waals surface area (Å²) in [6, 6.07) is 27.6. The molecule has 0 spiro atoms. The van der Waals surface area contributed by atoms with E-state index < -0.39 is 0 Å². The molecule has 5 aromatic rings. The number of benzene rings is 3. The largest absolute Gasteiger partial charge is 0.379 e. The van der Waals surface area contributed by atoms with Crippen LogP contribution in [-0.2, 0) is 11.3 Å². The lowest BCUT2D eigenvalue weighted by molar-refractivity contribution is 0.0366. The third-order valence-corrected chi connectivity index (χ3v) is 6.88. The van der Waals surface area contributed by atoms with Crippen molar-refractivity contribution in [1.29, 1.82) is 0 Å². The van der Waals surface area contributed by atoms with Crippen molar-refractivity contribution in [3.8, 4) is 22.3 Å². The van der Waals surface area contributed by atoms with Gasteiger partial charge in [-0.1, -0.05) is 66.2 Å². The average molecular weight is 529 g/mol. The zero-order chi connectivity index (χ0) is 22.2. The quantitative estimate of drug-likeness (QED) is 0.244. The molecule has 4 nitrogen and oxygen atoms in total. The van der Waals surface area contributed by atoms with E-state index in [4.69, 9.17) is 16.3 Å². The van der Waals surface area contributed by atoms with E-state index >= 15 is 0 Å². The average Bonchev–Trinajstić information content (AvgIpc) is 3.40. The molecule has 0 radical (unpaired) electrons. The Balaban J connectivity index is 0.00000144. The summed E-state index contributed by atoms with van der Waals surface area (Å²) in [4.78, 5) is 2.50. The van der Waals surface area contributed by atoms with Gasteiger partial charge in [0.1, 0.15) is 5.65 Å². The van der Waals surface area contributed by atoms with Gasteiger partial charge in [0.25, 0.3) is 0 Å². The van der Waals surface area contributed by atoms with Gasteiger partial charge < -0.3 is 9.30 Å². The molecule has 3 aromatic carbocycles. The van der Waals surface area contributed by atoms with E-state index in [-0.39, 0.29) is 24.8 Å². The molecule has 0 aliphatic carbocycles. The third kappa shape index (κ3) is 4.82. The van der Waals surface area contributed by atoms with Crippen LogP contribution in [0.3, 0.4) is 0 Å². The first-order chi connectivity index (χ1) is 16.3. The van der Waals surface area contributed by atoms with Gasteiger partial charge in [-0.2, -0.15) is 0 Å². The molecule has 0 saturated carbocycles. The number of morpholine rings is 1. The second kappa shape index (κ2) is 11.1. The van der Waals surface area contributed by atoms with Gasteiger partial charge in [0.15, 0.2) is 0 Å². The molecule has 0 atom stereocenters. The Bertz CT molecular complexity index is 1400. The normalized spacial score (nSPS) is 14.1. The van der Waals surface area contributed by atoms with E-state index in [9.17, 15) is 0 Å². The van der Waals surface area contributed by atoms with Crippen LogP contribution in [0.5, 0.6) is 0 Å². The van der Waals surface area contributed by atoms with Crippen molar-refractivity contribution in [1.82, 2.24) is 13.9 Å². The molecule has 0 unspecified atom stereocenters. The van der Waals surface area contributed by atoms with Crippen LogP contribution < -0.4 is 0 Å². The van der Waals surface area contributed by atoms with Crippen molar-refractivity contribution in [2.24, 2.45) is 0 Å². The van der Waals surface area contributed by atoms with E-state index in [2.05, 4.69) is 86.8 Å². The number of imidazole rings is 1. The molecule has 6 rings (SSSR count). The highest BCUT2D eigenvalue weighted by Crippen LogP contribution is 2.40. The Morgan fingerprint density at radius 3 is 2.09 bits per heavy atom. The monoisotopic (exact) mass is 527 g/mol. The van der Waals surface area contributed by atoms with Gasteiger partial charge in [-0.25, -0.2) is 0 Å². The van der Waals surface area contributed by atoms with Crippen LogP contribution in [-0.4, -0.2) is 46.7 Å². The minimum absolute atomic E-state index is 0. The summed E-state index contributed by atoms with van der Waals surface area (Å²) in [7, 11) is 0. The Labute approximate surface area is 222 Å². The molecule has 1 fully saturated rings. The van der Waals surface area contributed by atoms with Crippen LogP contribution in [0.2, 0.25) is 5.02 Å². The van der Waals surface area contributed by atoms with Gasteiger partial charge in [0, 0.05) is 48.5 Å². The molecule has 7 heteroatoms. The van der Waals surface area contributed by atoms with Crippen molar-refractivity contribution in [3.63, 3.8) is 0 Å². The smallest absolute Gasteiger partial charge is 0.126 e. The topological polar surface area (TPSA) is 21.8 Å². The minimum Gasteiger partial charge on any atom is -0.379 e. The number of ether oxygens (including phenoxy) is 1. The molecule has 2 aromatic heterocycles. The summed E-state index contributed by atoms with van der Waals surface area (Å²) in [5.74, 6) is 0. The Morgan fingerprint density at radius 1 is 0.714 bits per heavy atom. The lowest BCUT2D eigenvalue weighted by Gasteiger charge is -2.26. The second-order valence-electron chi connectivity index (χ2n) is 8.58. The van der Waals surface area contributed by atoms with Gasteiger partial charge in [-0.15, -0.1) is 24.8 Å². The number of aromatic nitrogens is 2. The van der Waals surface area contributed by atoms with Crippen molar-refractivity contribution in [3.05, 3.63) is 90.1 Å². The Morgan fingerprint density at radius 2 is 1.37 bits per heavy atom. The fourth-order valence-electron chi connectivity index (χ4n) is 4.98. The van der Waals surface area contributed by atoms with Crippen LogP contribution >= 0.6 is 36.4 Å². The minimum atomic E-state index is 0. The maximum absolute atomic E-state index is 6.21. The molecular formula is C28H28Cl3N3O. The van der Waals surface area contributed by atoms with Gasteiger partial charge in [0.05, 0.1) is 24.2 Å². The lowest BCUT2D eigenvalue weighted by Crippen LogP contribution is -2.38. The van der Waals surface area contributed by atoms with Crippen LogP contribution in [0.4, 0.5) is 0 Å². The van der Waals surface area contributed by atoms with Crippen molar-refractivity contribution in [2.45, 2.75) is 6.54 Å². The maximum Gasteiger partial charge on any atom is 0.126 e. The molecule has 1 aliphatic heterocycles. The van der Waals surface area contributed by atoms with E-state index in [1.165, 1.54) is 38.9 Å². The molecule has 182 valence electrons. The standard InChI is InChI=1S/C28H26ClN3O.2ClH/c29-23-12-10-21(11-13-23)24-20-32-26-9-5-4-8-25(26)31(15-14-30-16-18-33-19-17-30)28(32)27(24)22-6-2-1-3-7-22;;/h1-13,20H,14-19H2;2*1H. The van der Waals surface area contributed by atoms with Crippen LogP contribution in [0.15, 0.2) is 85.1 Å². The number of rotatable bonds is 5. The molecule has 0 bridgehead atoms. The van der Waals surface area contributed by atoms with E-state index in [1.807, 2.05) is 12.1 Å². The van der Waals surface area contributed by atoms with Gasteiger partial charge in [0.2, 0.25) is 0 Å². The third-order valence-electron chi connectivity index (χ3n) is 6.63. The molecule has 1 aliphatic rings. The summed E-state index contributed by atoms with van der Waals surface area (Å²) in [5.41, 5.74) is 8.61. The number of nitrogens with zero attached hydrogens (tertiary/aromatic N) is 3. The molecular weight excluding hydrogens is 501 g/mol. The highest BCUT2D eigenvalue weighted by Gasteiger charge is 2.22. The highest BCUT2D eigenvalue weighted by atomic mass is 35.5. The summed E-state index contributed by atoms with van der Waals surface area (Å²) < 4.78 is 10.4. The van der Waals surface area contributed by atoms with Gasteiger partial charge in [-0.05, 0) is 35.4 Å². The Hall–Kier alpha value is -2.47. The summed E-state index contributed by atoms with van der Waals surface area (Å²) in [5, 5.41) is 0.754. The van der Waals surface area contributed by atoms with Gasteiger partial charge in [-0.3, -0.25) is 9.30 Å². The molecule has 1 saturated heterocycles. The first-order valence-corrected chi connectivity index (χ1v) is 11.9. The number of fused-ring (bicyclic) bond motifs is 3. The lowest BCUT2D eigenvalue weighted by atomic mass is 9.98. The fourth-order valence-corrected chi connectivity index (χ4v) is 5.11. The molecule has 35 heavy (non-hydrogen) atoms. The summed E-state index contributed by atoms with van der Waals surface area (Å²) in [6.07, 6.45) is 2.29. The van der Waals surface area contributed by atoms with E-state index in [0.29, 0.717) is 0 Å². The zero-order valence-electron chi connectivity index (χ0n) is 19.3. The van der Waals surface area contributed by atoms with Gasteiger partial charge >= 0.3 is 0 Å². The molecule has 0 amide bonds. The van der Waals surface area contributed by atoms with Crippen molar-refractivity contribution >= 4 is 53.1 Å². The molecule has 3 heterocycles. The summed E-state index contributed by atoms with van der Waals surface area (Å²) in [6.45, 7) is 5.58. The first-order valence-electron chi connectivity index (χ1n) is 11.5. The van der Waals surface area contributed by atoms with Crippen LogP contribution in [0.1, 0.15) is 0 Å². The van der Waals surface area contributed by atoms with E-state index in [0.717, 1.165) is 44.4 Å². The maximum atomic E-state index is 6.21. The highest BCUT2D eigenvalue weighted by molar-refractivity contribution is 6.30. The summed E-state index contributed by atoms with van der Waals surface area (Å²) >= 11 is 6.21. The number of para-hydroxylation sites is 2. The zero-order valence-corrected chi connectivity index (χ0v) is 21.7. The van der Waals surface area contributed by atoms with E-state index in [1.54, 1.807) is 0 Å². The Kier molecular flexibility index (Phi) is 8.10.